The molecule has 2 fully saturated rings. The highest BCUT2D eigenvalue weighted by Crippen LogP contribution is 2.48. The van der Waals surface area contributed by atoms with Crippen molar-refractivity contribution in [2.75, 3.05) is 26.2 Å². The lowest BCUT2D eigenvalue weighted by Crippen LogP contribution is -2.36. The molecular weight excluding hydrogens is 310 g/mol. The maximum atomic E-state index is 12.7. The first kappa shape index (κ1) is 14.9. The van der Waals surface area contributed by atoms with E-state index >= 15 is 0 Å². The van der Waals surface area contributed by atoms with Crippen molar-refractivity contribution in [3.8, 4) is 0 Å². The van der Waals surface area contributed by atoms with Crippen molar-refractivity contribution in [1.82, 2.24) is 14.8 Å². The summed E-state index contributed by atoms with van der Waals surface area (Å²) in [6.07, 6.45) is 3.66. The highest BCUT2D eigenvalue weighted by Gasteiger charge is 2.47. The van der Waals surface area contributed by atoms with Crippen molar-refractivity contribution in [3.05, 3.63) is 40.7 Å². The summed E-state index contributed by atoms with van der Waals surface area (Å²) < 4.78 is 5.44. The Morgan fingerprint density at radius 3 is 3.09 bits per heavy atom. The molecule has 2 aromatic heterocycles. The predicted molar refractivity (Wildman–Crippen MR) is 88.1 cm³/mol. The van der Waals surface area contributed by atoms with Crippen molar-refractivity contribution in [3.63, 3.8) is 0 Å². The molecule has 2 unspecified atom stereocenters. The number of aromatic nitrogens is 1. The Hall–Kier alpha value is -1.66. The van der Waals surface area contributed by atoms with Crippen molar-refractivity contribution in [2.45, 2.75) is 25.3 Å². The van der Waals surface area contributed by atoms with Crippen LogP contribution in [0, 0.1) is 5.92 Å². The molecule has 2 atom stereocenters. The standard InChI is InChI=1S/C17H21N3O2S/c21-17(15-9-14(15)16-3-1-8-22-16)20-5-2-4-19(6-7-20)10-13-11-23-12-18-13/h1,3,8,11-12,14-15H,2,4-7,9-10H2. The minimum Gasteiger partial charge on any atom is -0.469 e. The quantitative estimate of drug-likeness (QED) is 0.864. The number of thiazole rings is 1. The zero-order valence-electron chi connectivity index (χ0n) is 13.1. The smallest absolute Gasteiger partial charge is 0.226 e. The molecule has 6 heteroatoms. The van der Waals surface area contributed by atoms with Crippen LogP contribution in [0.25, 0.3) is 0 Å². The molecule has 1 amide bonds. The fourth-order valence-corrected chi connectivity index (χ4v) is 3.96. The molecule has 1 aliphatic heterocycles. The number of hydrogen-bond donors (Lipinski definition) is 0. The molecule has 4 rings (SSSR count). The van der Waals surface area contributed by atoms with Crippen LogP contribution in [0.5, 0.6) is 0 Å². The summed E-state index contributed by atoms with van der Waals surface area (Å²) in [5.74, 6) is 1.70. The minimum absolute atomic E-state index is 0.131. The Balaban J connectivity index is 1.31. The second-order valence-electron chi connectivity index (χ2n) is 6.40. The Kier molecular flexibility index (Phi) is 4.18. The molecule has 2 aliphatic rings. The maximum absolute atomic E-state index is 12.7. The van der Waals surface area contributed by atoms with Gasteiger partial charge >= 0.3 is 0 Å². The Morgan fingerprint density at radius 1 is 1.35 bits per heavy atom. The lowest BCUT2D eigenvalue weighted by molar-refractivity contribution is -0.132. The summed E-state index contributed by atoms with van der Waals surface area (Å²) in [5, 5.41) is 2.10. The molecular formula is C17H21N3O2S. The predicted octanol–water partition coefficient (Wildman–Crippen LogP) is 2.57. The molecule has 0 bridgehead atoms. The lowest BCUT2D eigenvalue weighted by Gasteiger charge is -2.21. The normalized spacial score (nSPS) is 25.3. The van der Waals surface area contributed by atoms with Crippen molar-refractivity contribution in [2.24, 2.45) is 5.92 Å². The van der Waals surface area contributed by atoms with E-state index in [4.69, 9.17) is 4.42 Å². The summed E-state index contributed by atoms with van der Waals surface area (Å²) in [6.45, 7) is 4.55. The molecule has 122 valence electrons. The van der Waals surface area contributed by atoms with Crippen LogP contribution < -0.4 is 0 Å². The van der Waals surface area contributed by atoms with Crippen LogP contribution in [0.15, 0.2) is 33.7 Å². The lowest BCUT2D eigenvalue weighted by atomic mass is 10.2. The van der Waals surface area contributed by atoms with Gasteiger partial charge < -0.3 is 9.32 Å². The van der Waals surface area contributed by atoms with Crippen molar-refractivity contribution in [1.29, 1.82) is 0 Å². The summed E-state index contributed by atoms with van der Waals surface area (Å²) in [4.78, 5) is 21.5. The van der Waals surface area contributed by atoms with Crippen LogP contribution in [0.4, 0.5) is 0 Å². The zero-order chi connectivity index (χ0) is 15.6. The second kappa shape index (κ2) is 6.45. The molecule has 1 saturated carbocycles. The summed E-state index contributed by atoms with van der Waals surface area (Å²) >= 11 is 1.64. The molecule has 0 radical (unpaired) electrons. The summed E-state index contributed by atoms with van der Waals surface area (Å²) in [6, 6.07) is 3.88. The van der Waals surface area contributed by atoms with E-state index in [2.05, 4.69) is 20.2 Å². The molecule has 23 heavy (non-hydrogen) atoms. The first-order valence-electron chi connectivity index (χ1n) is 8.23. The minimum atomic E-state index is 0.131. The van der Waals surface area contributed by atoms with Crippen LogP contribution in [-0.2, 0) is 11.3 Å². The van der Waals surface area contributed by atoms with Gasteiger partial charge in [-0.1, -0.05) is 0 Å². The number of amides is 1. The number of carbonyl (C=O) groups is 1. The van der Waals surface area contributed by atoms with Gasteiger partial charge in [-0.3, -0.25) is 9.69 Å². The second-order valence-corrected chi connectivity index (χ2v) is 7.12. The van der Waals surface area contributed by atoms with Crippen molar-refractivity contribution >= 4 is 17.2 Å². The van der Waals surface area contributed by atoms with Gasteiger partial charge in [0.2, 0.25) is 5.91 Å². The van der Waals surface area contributed by atoms with Gasteiger partial charge in [-0.05, 0) is 25.0 Å². The van der Waals surface area contributed by atoms with Gasteiger partial charge in [-0.15, -0.1) is 11.3 Å². The monoisotopic (exact) mass is 331 g/mol. The van der Waals surface area contributed by atoms with Gasteiger partial charge in [0.15, 0.2) is 0 Å². The largest absolute Gasteiger partial charge is 0.469 e. The summed E-state index contributed by atoms with van der Waals surface area (Å²) in [7, 11) is 0. The van der Waals surface area contributed by atoms with E-state index in [0.29, 0.717) is 11.8 Å². The van der Waals surface area contributed by atoms with Crippen LogP contribution in [0.1, 0.15) is 30.2 Å². The maximum Gasteiger partial charge on any atom is 0.226 e. The Labute approximate surface area is 139 Å². The average Bonchev–Trinajstić information content (AvgIpc) is 2.96. The molecule has 1 saturated heterocycles. The third-order valence-corrected chi connectivity index (χ3v) is 5.42. The van der Waals surface area contributed by atoms with Gasteiger partial charge in [0.1, 0.15) is 5.76 Å². The number of hydrogen-bond acceptors (Lipinski definition) is 5. The van der Waals surface area contributed by atoms with E-state index in [1.165, 1.54) is 0 Å². The number of carbonyl (C=O) groups excluding carboxylic acids is 1. The Bertz CT molecular complexity index is 641. The number of rotatable bonds is 4. The molecule has 0 N–H and O–H groups in total. The van der Waals surface area contributed by atoms with E-state index in [1.54, 1.807) is 17.6 Å². The first-order valence-corrected chi connectivity index (χ1v) is 9.17. The van der Waals surface area contributed by atoms with Crippen LogP contribution in [0.2, 0.25) is 0 Å². The Morgan fingerprint density at radius 2 is 2.30 bits per heavy atom. The van der Waals surface area contributed by atoms with Crippen LogP contribution >= 0.6 is 11.3 Å². The van der Waals surface area contributed by atoms with E-state index < -0.39 is 0 Å². The van der Waals surface area contributed by atoms with Crippen LogP contribution in [-0.4, -0.2) is 46.9 Å². The van der Waals surface area contributed by atoms with E-state index in [1.807, 2.05) is 17.6 Å². The third kappa shape index (κ3) is 3.33. The molecule has 5 nitrogen and oxygen atoms in total. The zero-order valence-corrected chi connectivity index (χ0v) is 13.9. The highest BCUT2D eigenvalue weighted by molar-refractivity contribution is 7.07. The number of nitrogens with zero attached hydrogens (tertiary/aromatic N) is 3. The van der Waals surface area contributed by atoms with E-state index in [9.17, 15) is 4.79 Å². The summed E-state index contributed by atoms with van der Waals surface area (Å²) in [5.41, 5.74) is 3.01. The molecule has 0 aromatic carbocycles. The fraction of sp³-hybridized carbons (Fsp3) is 0.529. The molecule has 1 aliphatic carbocycles. The average molecular weight is 331 g/mol. The molecule has 2 aromatic rings. The molecule has 0 spiro atoms. The number of furan rings is 1. The van der Waals surface area contributed by atoms with Gasteiger partial charge in [-0.2, -0.15) is 0 Å². The van der Waals surface area contributed by atoms with Crippen LogP contribution in [0.3, 0.4) is 0 Å². The van der Waals surface area contributed by atoms with Gasteiger partial charge in [0.25, 0.3) is 0 Å². The highest BCUT2D eigenvalue weighted by atomic mass is 32.1. The topological polar surface area (TPSA) is 49.6 Å². The third-order valence-electron chi connectivity index (χ3n) is 4.79. The van der Waals surface area contributed by atoms with E-state index in [0.717, 1.165) is 57.0 Å². The SMILES string of the molecule is O=C(C1CC1c1ccco1)N1CCCN(Cc2cscn2)CC1. The van der Waals surface area contributed by atoms with Gasteiger partial charge in [0, 0.05) is 49.9 Å². The van der Waals surface area contributed by atoms with Gasteiger partial charge in [0.05, 0.1) is 17.5 Å². The van der Waals surface area contributed by atoms with Crippen molar-refractivity contribution < 1.29 is 9.21 Å². The van der Waals surface area contributed by atoms with E-state index in [-0.39, 0.29) is 5.92 Å². The molecule has 3 heterocycles. The fourth-order valence-electron chi connectivity index (χ4n) is 3.41. The first-order chi connectivity index (χ1) is 11.3. The van der Waals surface area contributed by atoms with Gasteiger partial charge in [-0.25, -0.2) is 4.98 Å².